The molecular weight excluding hydrogens is 534 g/mol. The molecule has 5 atom stereocenters. The number of nitrogens with zero attached hydrogens (tertiary/aromatic N) is 1. The molecule has 2 aromatic carbocycles. The Labute approximate surface area is 243 Å². The number of carbonyl (C=O) groups is 5. The lowest BCUT2D eigenvalue weighted by Crippen LogP contribution is -2.54. The highest BCUT2D eigenvalue weighted by Crippen LogP contribution is 2.64. The molecule has 3 heterocycles. The van der Waals surface area contributed by atoms with Gasteiger partial charge in [0.25, 0.3) is 11.8 Å². The predicted molar refractivity (Wildman–Crippen MR) is 155 cm³/mol. The van der Waals surface area contributed by atoms with E-state index < -0.39 is 35.6 Å². The van der Waals surface area contributed by atoms with E-state index in [1.54, 1.807) is 11.0 Å². The number of carbonyl (C=O) groups excluding carboxylic acids is 5. The quantitative estimate of drug-likeness (QED) is 0.231. The zero-order chi connectivity index (χ0) is 29.6. The fraction of sp³-hybridized carbons (Fsp3) is 0.406. The van der Waals surface area contributed by atoms with Crippen molar-refractivity contribution in [1.29, 1.82) is 0 Å². The number of amides is 4. The number of aromatic amines is 1. The number of aromatic nitrogens is 1. The maximum absolute atomic E-state index is 13.8. The van der Waals surface area contributed by atoms with Crippen LogP contribution in [0.5, 0.6) is 0 Å². The fourth-order valence-corrected chi connectivity index (χ4v) is 6.76. The van der Waals surface area contributed by atoms with Crippen molar-refractivity contribution in [2.45, 2.75) is 39.4 Å². The third-order valence-corrected chi connectivity index (χ3v) is 9.36. The Morgan fingerprint density at radius 1 is 1.05 bits per heavy atom. The van der Waals surface area contributed by atoms with E-state index in [-0.39, 0.29) is 42.0 Å². The molecule has 1 aliphatic carbocycles. The minimum Gasteiger partial charge on any atom is -0.356 e. The molecule has 3 aliphatic rings. The summed E-state index contributed by atoms with van der Waals surface area (Å²) in [5.74, 6) is -4.58. The van der Waals surface area contributed by atoms with Crippen molar-refractivity contribution >= 4 is 40.3 Å². The number of hydrogen-bond acceptors (Lipinski definition) is 5. The lowest BCUT2D eigenvalue weighted by molar-refractivity contribution is -0.145. The van der Waals surface area contributed by atoms with E-state index in [9.17, 15) is 24.0 Å². The van der Waals surface area contributed by atoms with Gasteiger partial charge in [0.2, 0.25) is 17.6 Å². The molecule has 4 amide bonds. The average Bonchev–Trinajstić information content (AvgIpc) is 3.47. The Bertz CT molecular complexity index is 1530. The first-order valence-corrected chi connectivity index (χ1v) is 14.5. The van der Waals surface area contributed by atoms with Crippen molar-refractivity contribution in [2.24, 2.45) is 29.1 Å². The van der Waals surface area contributed by atoms with Gasteiger partial charge in [-0.3, -0.25) is 24.0 Å². The molecule has 1 aromatic heterocycles. The second kappa shape index (κ2) is 10.7. The molecular formula is C32H35N5O5. The normalized spacial score (nSPS) is 24.5. The van der Waals surface area contributed by atoms with Crippen LogP contribution >= 0.6 is 0 Å². The number of ketones is 1. The highest BCUT2D eigenvalue weighted by atomic mass is 16.2. The van der Waals surface area contributed by atoms with Gasteiger partial charge in [-0.25, -0.2) is 0 Å². The molecule has 3 aromatic rings. The van der Waals surface area contributed by atoms with Crippen LogP contribution in [-0.2, 0) is 25.7 Å². The zero-order valence-electron chi connectivity index (χ0n) is 23.7. The molecule has 1 saturated carbocycles. The van der Waals surface area contributed by atoms with Crippen LogP contribution in [0.25, 0.3) is 10.9 Å². The minimum atomic E-state index is -1.36. The van der Waals surface area contributed by atoms with Gasteiger partial charge in [-0.1, -0.05) is 62.4 Å². The lowest BCUT2D eigenvalue weighted by Gasteiger charge is -2.32. The summed E-state index contributed by atoms with van der Waals surface area (Å²) in [4.78, 5) is 71.2. The van der Waals surface area contributed by atoms with E-state index in [0.29, 0.717) is 25.2 Å². The highest BCUT2D eigenvalue weighted by Gasteiger charge is 2.68. The summed E-state index contributed by atoms with van der Waals surface area (Å²) < 4.78 is 0. The van der Waals surface area contributed by atoms with Crippen molar-refractivity contribution in [3.05, 3.63) is 71.9 Å². The van der Waals surface area contributed by atoms with E-state index in [1.165, 1.54) is 0 Å². The second-order valence-corrected chi connectivity index (χ2v) is 12.2. The fourth-order valence-electron chi connectivity index (χ4n) is 6.76. The van der Waals surface area contributed by atoms with Crippen molar-refractivity contribution in [2.75, 3.05) is 13.1 Å². The van der Waals surface area contributed by atoms with Crippen LogP contribution in [0.3, 0.4) is 0 Å². The van der Waals surface area contributed by atoms with Gasteiger partial charge in [-0.2, -0.15) is 0 Å². The Kier molecular flexibility index (Phi) is 7.08. The van der Waals surface area contributed by atoms with Crippen molar-refractivity contribution in [3.63, 3.8) is 0 Å². The first-order chi connectivity index (χ1) is 20.1. The summed E-state index contributed by atoms with van der Waals surface area (Å²) in [7, 11) is 0. The first-order valence-electron chi connectivity index (χ1n) is 14.5. The van der Waals surface area contributed by atoms with E-state index in [2.05, 4.69) is 34.8 Å². The van der Waals surface area contributed by atoms with E-state index in [4.69, 9.17) is 0 Å². The number of Topliss-reactive ketones (excluding diaryl/α,β-unsaturated/α-hetero) is 1. The monoisotopic (exact) mass is 569 g/mol. The van der Waals surface area contributed by atoms with Gasteiger partial charge >= 0.3 is 0 Å². The number of piperidine rings is 1. The summed E-state index contributed by atoms with van der Waals surface area (Å²) >= 11 is 0. The van der Waals surface area contributed by atoms with Crippen LogP contribution in [0, 0.1) is 29.1 Å². The Morgan fingerprint density at radius 2 is 1.79 bits per heavy atom. The largest absolute Gasteiger partial charge is 0.356 e. The first kappa shape index (κ1) is 27.7. The molecule has 218 valence electrons. The van der Waals surface area contributed by atoms with Gasteiger partial charge in [-0.05, 0) is 41.9 Å². The molecule has 1 unspecified atom stereocenters. The molecule has 10 nitrogen and oxygen atoms in total. The van der Waals surface area contributed by atoms with Crippen LogP contribution in [0.2, 0.25) is 0 Å². The maximum Gasteiger partial charge on any atom is 0.288 e. The summed E-state index contributed by atoms with van der Waals surface area (Å²) in [5, 5.41) is 9.24. The predicted octanol–water partition coefficient (Wildman–Crippen LogP) is 2.37. The van der Waals surface area contributed by atoms with Crippen LogP contribution in [0.1, 0.15) is 42.7 Å². The van der Waals surface area contributed by atoms with Crippen molar-refractivity contribution in [1.82, 2.24) is 25.8 Å². The molecule has 6 rings (SSSR count). The van der Waals surface area contributed by atoms with Gasteiger partial charge in [0.1, 0.15) is 17.8 Å². The molecule has 10 heteroatoms. The zero-order valence-corrected chi connectivity index (χ0v) is 23.7. The number of benzene rings is 2. The lowest BCUT2D eigenvalue weighted by atomic mass is 9.88. The summed E-state index contributed by atoms with van der Waals surface area (Å²) in [5.41, 5.74) is 1.99. The smallest absolute Gasteiger partial charge is 0.288 e. The Morgan fingerprint density at radius 3 is 2.50 bits per heavy atom. The molecule has 0 bridgehead atoms. The van der Waals surface area contributed by atoms with E-state index in [0.717, 1.165) is 16.5 Å². The van der Waals surface area contributed by atoms with Crippen LogP contribution in [-0.4, -0.2) is 58.6 Å². The SMILES string of the molecule is CC1(C)[C@@H]2[C@@H](NC(=O)C(C[C@H]3CCNC3=O)C(=O)C(=O)NCc3ccccc3)N(C(=O)c3cc4ccccc4[nH]3)C[C@@H]21. The molecule has 42 heavy (non-hydrogen) atoms. The van der Waals surface area contributed by atoms with Gasteiger partial charge in [0, 0.05) is 42.4 Å². The molecule has 3 fully saturated rings. The van der Waals surface area contributed by atoms with E-state index in [1.807, 2.05) is 54.6 Å². The summed E-state index contributed by atoms with van der Waals surface area (Å²) in [6.07, 6.45) is -0.236. The molecule has 2 saturated heterocycles. The van der Waals surface area contributed by atoms with Crippen LogP contribution in [0.15, 0.2) is 60.7 Å². The summed E-state index contributed by atoms with van der Waals surface area (Å²) in [6, 6.07) is 18.6. The Hall–Kier alpha value is -4.47. The second-order valence-electron chi connectivity index (χ2n) is 12.2. The van der Waals surface area contributed by atoms with Crippen LogP contribution < -0.4 is 16.0 Å². The molecule has 0 radical (unpaired) electrons. The average molecular weight is 570 g/mol. The van der Waals surface area contributed by atoms with Gasteiger partial charge in [0.15, 0.2) is 0 Å². The van der Waals surface area contributed by atoms with E-state index >= 15 is 0 Å². The Balaban J connectivity index is 1.22. The number of para-hydroxylation sites is 1. The van der Waals surface area contributed by atoms with Crippen molar-refractivity contribution in [3.8, 4) is 0 Å². The number of likely N-dealkylation sites (tertiary alicyclic amines) is 1. The van der Waals surface area contributed by atoms with Crippen LogP contribution in [0.4, 0.5) is 0 Å². The molecule has 4 N–H and O–H groups in total. The van der Waals surface area contributed by atoms with Gasteiger partial charge < -0.3 is 25.8 Å². The minimum absolute atomic E-state index is 0.00668. The van der Waals surface area contributed by atoms with Gasteiger partial charge in [0.05, 0.1) is 0 Å². The van der Waals surface area contributed by atoms with Crippen molar-refractivity contribution < 1.29 is 24.0 Å². The number of nitrogens with one attached hydrogen (secondary N) is 4. The standard InChI is InChI=1S/C32H35N5O5/c1-32(2)22-17-37(31(42)24-15-19-10-6-7-11-23(19)35-24)27(25(22)32)36-29(40)21(14-20-12-13-33-28(20)39)26(38)30(41)34-16-18-8-4-3-5-9-18/h3-11,15,20-22,25,27,35H,12-14,16-17H2,1-2H3,(H,33,39)(H,34,41)(H,36,40)/t20-,21?,22+,25+,27+/m1/s1. The number of hydrogen-bond donors (Lipinski definition) is 4. The number of fused-ring (bicyclic) bond motifs is 2. The highest BCUT2D eigenvalue weighted by molar-refractivity contribution is 6.40. The maximum atomic E-state index is 13.8. The topological polar surface area (TPSA) is 140 Å². The third kappa shape index (κ3) is 5.06. The molecule has 0 spiro atoms. The number of rotatable bonds is 9. The van der Waals surface area contributed by atoms with Gasteiger partial charge in [-0.15, -0.1) is 0 Å². The third-order valence-electron chi connectivity index (χ3n) is 9.36. The number of H-pyrrole nitrogens is 1. The molecule has 2 aliphatic heterocycles. The summed E-state index contributed by atoms with van der Waals surface area (Å²) in [6.45, 7) is 5.28.